The van der Waals surface area contributed by atoms with E-state index in [-0.39, 0.29) is 10.8 Å². The number of nitrogens with zero attached hydrogens (tertiary/aromatic N) is 2. The Kier molecular flexibility index (Phi) is 7.21. The number of hydrogen-bond acceptors (Lipinski definition) is 4. The third-order valence-electron chi connectivity index (χ3n) is 6.22. The van der Waals surface area contributed by atoms with E-state index in [1.165, 1.54) is 12.1 Å². The molecule has 1 saturated heterocycles. The van der Waals surface area contributed by atoms with E-state index >= 15 is 0 Å². The molecule has 0 radical (unpaired) electrons. The molecule has 1 heterocycles. The number of aryl methyl sites for hydroxylation is 2. The zero-order chi connectivity index (χ0) is 25.0. The van der Waals surface area contributed by atoms with Gasteiger partial charge in [0.1, 0.15) is 6.54 Å². The van der Waals surface area contributed by atoms with Crippen molar-refractivity contribution in [3.63, 3.8) is 0 Å². The summed E-state index contributed by atoms with van der Waals surface area (Å²) in [5.74, 6) is -0.675. The van der Waals surface area contributed by atoms with Crippen LogP contribution in [0.3, 0.4) is 0 Å². The first-order chi connectivity index (χ1) is 16.8. The number of amides is 2. The maximum Gasteiger partial charge on any atom is 0.264 e. The highest BCUT2D eigenvalue weighted by Gasteiger charge is 2.28. The Balaban J connectivity index is 1.64. The van der Waals surface area contributed by atoms with E-state index in [9.17, 15) is 18.0 Å². The van der Waals surface area contributed by atoms with Crippen molar-refractivity contribution in [2.45, 2.75) is 31.6 Å². The Labute approximate surface area is 206 Å². The van der Waals surface area contributed by atoms with Crippen molar-refractivity contribution in [2.75, 3.05) is 29.3 Å². The summed E-state index contributed by atoms with van der Waals surface area (Å²) in [6.07, 6.45) is 1.92. The predicted octanol–water partition coefficient (Wildman–Crippen LogP) is 4.37. The number of nitrogens with one attached hydrogen (secondary N) is 1. The van der Waals surface area contributed by atoms with E-state index in [0.29, 0.717) is 30.0 Å². The summed E-state index contributed by atoms with van der Waals surface area (Å²) < 4.78 is 28.2. The maximum absolute atomic E-state index is 13.6. The normalized spacial score (nSPS) is 13.5. The lowest BCUT2D eigenvalue weighted by Crippen LogP contribution is -2.38. The van der Waals surface area contributed by atoms with Crippen LogP contribution in [0.2, 0.25) is 0 Å². The van der Waals surface area contributed by atoms with Crippen molar-refractivity contribution in [1.82, 2.24) is 4.90 Å². The van der Waals surface area contributed by atoms with Gasteiger partial charge in [-0.15, -0.1) is 0 Å². The molecule has 0 saturated carbocycles. The molecular weight excluding hydrogens is 462 g/mol. The van der Waals surface area contributed by atoms with Crippen LogP contribution in [-0.2, 0) is 14.8 Å². The number of benzene rings is 3. The van der Waals surface area contributed by atoms with Gasteiger partial charge in [-0.25, -0.2) is 8.42 Å². The second kappa shape index (κ2) is 10.3. The van der Waals surface area contributed by atoms with Crippen LogP contribution in [0, 0.1) is 13.8 Å². The Morgan fingerprint density at radius 3 is 2.23 bits per heavy atom. The van der Waals surface area contributed by atoms with E-state index in [0.717, 1.165) is 28.3 Å². The highest BCUT2D eigenvalue weighted by atomic mass is 32.2. The standard InChI is InChI=1S/C27H29N3O4S/c1-20-14-15-22(18-21(20)2)30(35(33,34)23-10-4-3-5-11-23)19-26(31)28-25-13-7-6-12-24(25)27(32)29-16-8-9-17-29/h3-7,10-15,18H,8-9,16-17,19H2,1-2H3,(H,28,31). The number of hydrogen-bond donors (Lipinski definition) is 1. The monoisotopic (exact) mass is 491 g/mol. The van der Waals surface area contributed by atoms with Gasteiger partial charge in [0.25, 0.3) is 15.9 Å². The molecule has 4 rings (SSSR count). The fourth-order valence-electron chi connectivity index (χ4n) is 4.10. The fourth-order valence-corrected chi connectivity index (χ4v) is 5.54. The van der Waals surface area contributed by atoms with Crippen LogP contribution >= 0.6 is 0 Å². The van der Waals surface area contributed by atoms with Gasteiger partial charge in [0, 0.05) is 13.1 Å². The Hall–Kier alpha value is -3.65. The van der Waals surface area contributed by atoms with Crippen molar-refractivity contribution in [3.8, 4) is 0 Å². The van der Waals surface area contributed by atoms with Gasteiger partial charge >= 0.3 is 0 Å². The van der Waals surface area contributed by atoms with Crippen LogP contribution in [0.15, 0.2) is 77.7 Å². The van der Waals surface area contributed by atoms with Gasteiger partial charge in [-0.05, 0) is 74.2 Å². The summed E-state index contributed by atoms with van der Waals surface area (Å²) in [5.41, 5.74) is 3.09. The van der Waals surface area contributed by atoms with Crippen LogP contribution < -0.4 is 9.62 Å². The topological polar surface area (TPSA) is 86.8 Å². The second-order valence-corrected chi connectivity index (χ2v) is 10.5. The van der Waals surface area contributed by atoms with E-state index in [2.05, 4.69) is 5.32 Å². The van der Waals surface area contributed by atoms with Gasteiger partial charge in [-0.2, -0.15) is 0 Å². The number of rotatable bonds is 7. The number of carbonyl (C=O) groups is 2. The van der Waals surface area contributed by atoms with Crippen LogP contribution in [0.4, 0.5) is 11.4 Å². The highest BCUT2D eigenvalue weighted by Crippen LogP contribution is 2.26. The van der Waals surface area contributed by atoms with Crippen LogP contribution in [-0.4, -0.2) is 44.8 Å². The molecule has 0 aliphatic carbocycles. The minimum absolute atomic E-state index is 0.0932. The predicted molar refractivity (Wildman–Crippen MR) is 137 cm³/mol. The van der Waals surface area contributed by atoms with Gasteiger partial charge < -0.3 is 10.2 Å². The summed E-state index contributed by atoms with van der Waals surface area (Å²) in [4.78, 5) is 28.0. The fraction of sp³-hybridized carbons (Fsp3) is 0.259. The summed E-state index contributed by atoms with van der Waals surface area (Å²) in [7, 11) is -4.01. The number of para-hydroxylation sites is 1. The number of sulfonamides is 1. The summed E-state index contributed by atoms with van der Waals surface area (Å²) in [6, 6.07) is 20.1. The van der Waals surface area contributed by atoms with E-state index < -0.39 is 22.5 Å². The molecule has 0 aromatic heterocycles. The minimum atomic E-state index is -4.01. The molecule has 0 atom stereocenters. The molecule has 1 aliphatic rings. The molecule has 182 valence electrons. The lowest BCUT2D eigenvalue weighted by atomic mass is 10.1. The van der Waals surface area contributed by atoms with Gasteiger partial charge in [-0.3, -0.25) is 13.9 Å². The maximum atomic E-state index is 13.6. The lowest BCUT2D eigenvalue weighted by molar-refractivity contribution is -0.114. The average Bonchev–Trinajstić information content (AvgIpc) is 3.40. The smallest absolute Gasteiger partial charge is 0.264 e. The van der Waals surface area contributed by atoms with Gasteiger partial charge in [0.2, 0.25) is 5.91 Å². The van der Waals surface area contributed by atoms with Crippen molar-refractivity contribution >= 4 is 33.2 Å². The first kappa shape index (κ1) is 24.5. The molecular formula is C27H29N3O4S. The van der Waals surface area contributed by atoms with Crippen molar-refractivity contribution < 1.29 is 18.0 Å². The molecule has 2 amide bonds. The van der Waals surface area contributed by atoms with Gasteiger partial charge in [-0.1, -0.05) is 36.4 Å². The molecule has 0 spiro atoms. The van der Waals surface area contributed by atoms with Crippen LogP contribution in [0.1, 0.15) is 34.3 Å². The molecule has 3 aromatic carbocycles. The van der Waals surface area contributed by atoms with Gasteiger partial charge in [0.05, 0.1) is 21.8 Å². The zero-order valence-electron chi connectivity index (χ0n) is 19.9. The largest absolute Gasteiger partial charge is 0.339 e. The molecule has 1 aliphatic heterocycles. The molecule has 3 aromatic rings. The second-order valence-electron chi connectivity index (χ2n) is 8.69. The first-order valence-electron chi connectivity index (χ1n) is 11.6. The number of anilines is 2. The van der Waals surface area contributed by atoms with E-state index in [1.807, 2.05) is 19.9 Å². The van der Waals surface area contributed by atoms with E-state index in [4.69, 9.17) is 0 Å². The minimum Gasteiger partial charge on any atom is -0.339 e. The average molecular weight is 492 g/mol. The highest BCUT2D eigenvalue weighted by molar-refractivity contribution is 7.92. The Morgan fingerprint density at radius 2 is 1.54 bits per heavy atom. The Morgan fingerprint density at radius 1 is 0.886 bits per heavy atom. The van der Waals surface area contributed by atoms with Crippen molar-refractivity contribution in [3.05, 3.63) is 89.5 Å². The van der Waals surface area contributed by atoms with Crippen molar-refractivity contribution in [1.29, 1.82) is 0 Å². The summed E-state index contributed by atoms with van der Waals surface area (Å²) in [6.45, 7) is 4.78. The molecule has 8 heteroatoms. The lowest BCUT2D eigenvalue weighted by Gasteiger charge is -2.25. The number of likely N-dealkylation sites (tertiary alicyclic amines) is 1. The van der Waals surface area contributed by atoms with E-state index in [1.54, 1.807) is 59.5 Å². The summed E-state index contributed by atoms with van der Waals surface area (Å²) in [5, 5.41) is 2.77. The molecule has 1 fully saturated rings. The van der Waals surface area contributed by atoms with Crippen LogP contribution in [0.5, 0.6) is 0 Å². The molecule has 7 nitrogen and oxygen atoms in total. The third kappa shape index (κ3) is 5.38. The molecule has 35 heavy (non-hydrogen) atoms. The SMILES string of the molecule is Cc1ccc(N(CC(=O)Nc2ccccc2C(=O)N2CCCC2)S(=O)(=O)c2ccccc2)cc1C. The summed E-state index contributed by atoms with van der Waals surface area (Å²) >= 11 is 0. The Bertz CT molecular complexity index is 1330. The number of carbonyl (C=O) groups excluding carboxylic acids is 2. The quantitative estimate of drug-likeness (QED) is 0.532. The van der Waals surface area contributed by atoms with Crippen molar-refractivity contribution in [2.24, 2.45) is 0 Å². The molecule has 1 N–H and O–H groups in total. The first-order valence-corrected chi connectivity index (χ1v) is 13.0. The van der Waals surface area contributed by atoms with Gasteiger partial charge in [0.15, 0.2) is 0 Å². The third-order valence-corrected chi connectivity index (χ3v) is 8.01. The van der Waals surface area contributed by atoms with Crippen LogP contribution in [0.25, 0.3) is 0 Å². The molecule has 0 bridgehead atoms. The zero-order valence-corrected chi connectivity index (χ0v) is 20.7. The molecule has 0 unspecified atom stereocenters.